The van der Waals surface area contributed by atoms with Crippen LogP contribution in [0.15, 0.2) is 29.0 Å². The number of hydrogen-bond donors (Lipinski definition) is 0. The topological polar surface area (TPSA) is 43.9 Å². The summed E-state index contributed by atoms with van der Waals surface area (Å²) in [5, 5.41) is 0. The van der Waals surface area contributed by atoms with E-state index in [4.69, 9.17) is 4.42 Å². The lowest BCUT2D eigenvalue weighted by Crippen LogP contribution is -1.91. The molecule has 0 saturated heterocycles. The Hall–Kier alpha value is -2.10. The highest BCUT2D eigenvalue weighted by molar-refractivity contribution is 5.99. The average molecular weight is 197 g/mol. The van der Waals surface area contributed by atoms with Crippen LogP contribution in [0.2, 0.25) is 0 Å². The maximum atomic E-state index is 5.36. The fraction of sp³-hybridized carbons (Fsp3) is 0.0909. The first-order valence-corrected chi connectivity index (χ1v) is 4.82. The van der Waals surface area contributed by atoms with Gasteiger partial charge in [-0.2, -0.15) is 0 Å². The average Bonchev–Trinajstić information content (AvgIpc) is 2.90. The number of nitrogens with zero attached hydrogens (tertiary/aromatic N) is 3. The first kappa shape index (κ1) is 7.23. The number of allylic oxidation sites excluding steroid dienone is 1. The van der Waals surface area contributed by atoms with Crippen LogP contribution < -0.4 is 0 Å². The number of benzene rings is 1. The quantitative estimate of drug-likeness (QED) is 0.555. The Morgan fingerprint density at radius 1 is 1.33 bits per heavy atom. The van der Waals surface area contributed by atoms with Gasteiger partial charge in [0.05, 0.1) is 5.52 Å². The molecule has 0 bridgehead atoms. The summed E-state index contributed by atoms with van der Waals surface area (Å²) in [5.41, 5.74) is 3.66. The summed E-state index contributed by atoms with van der Waals surface area (Å²) < 4.78 is 7.52. The summed E-state index contributed by atoms with van der Waals surface area (Å²) in [6, 6.07) is 4.01. The largest absolute Gasteiger partial charge is 0.441 e. The molecule has 4 rings (SSSR count). The molecule has 3 heterocycles. The molecule has 1 aliphatic heterocycles. The van der Waals surface area contributed by atoms with Crippen molar-refractivity contribution in [2.24, 2.45) is 0 Å². The predicted octanol–water partition coefficient (Wildman–Crippen LogP) is 2.20. The summed E-state index contributed by atoms with van der Waals surface area (Å²) in [4.78, 5) is 8.65. The van der Waals surface area contributed by atoms with Crippen molar-refractivity contribution in [2.75, 3.05) is 0 Å². The highest BCUT2D eigenvalue weighted by Gasteiger charge is 2.15. The number of imidazole rings is 1. The van der Waals surface area contributed by atoms with E-state index in [9.17, 15) is 0 Å². The molecule has 0 fully saturated rings. The van der Waals surface area contributed by atoms with Crippen molar-refractivity contribution < 1.29 is 4.42 Å². The standard InChI is InChI=1S/C11H7N3O/c1-2-9-13-10-8(14(9)5-1)4-3-7-11(10)15-6-12-7/h1-4,6H,5H2. The van der Waals surface area contributed by atoms with Gasteiger partial charge in [0, 0.05) is 6.54 Å². The van der Waals surface area contributed by atoms with Crippen molar-refractivity contribution in [2.45, 2.75) is 6.54 Å². The van der Waals surface area contributed by atoms with Crippen LogP contribution >= 0.6 is 0 Å². The van der Waals surface area contributed by atoms with Crippen LogP contribution in [0.25, 0.3) is 28.2 Å². The van der Waals surface area contributed by atoms with E-state index in [2.05, 4.69) is 20.6 Å². The Balaban J connectivity index is 2.29. The van der Waals surface area contributed by atoms with E-state index in [0.29, 0.717) is 0 Å². The van der Waals surface area contributed by atoms with Crippen molar-refractivity contribution in [1.29, 1.82) is 0 Å². The summed E-state index contributed by atoms with van der Waals surface area (Å²) in [6.07, 6.45) is 5.60. The second-order valence-corrected chi connectivity index (χ2v) is 3.62. The second-order valence-electron chi connectivity index (χ2n) is 3.62. The molecule has 0 saturated carbocycles. The molecule has 0 N–H and O–H groups in total. The molecule has 2 aromatic heterocycles. The Morgan fingerprint density at radius 3 is 3.33 bits per heavy atom. The first-order chi connectivity index (χ1) is 7.43. The van der Waals surface area contributed by atoms with Gasteiger partial charge in [-0.05, 0) is 18.2 Å². The summed E-state index contributed by atoms with van der Waals surface area (Å²) in [7, 11) is 0. The Morgan fingerprint density at radius 2 is 2.33 bits per heavy atom. The van der Waals surface area contributed by atoms with Crippen LogP contribution in [-0.4, -0.2) is 14.5 Å². The maximum Gasteiger partial charge on any atom is 0.182 e. The van der Waals surface area contributed by atoms with Gasteiger partial charge in [0.15, 0.2) is 12.0 Å². The highest BCUT2D eigenvalue weighted by atomic mass is 16.3. The fourth-order valence-corrected chi connectivity index (χ4v) is 2.11. The van der Waals surface area contributed by atoms with Gasteiger partial charge in [-0.3, -0.25) is 0 Å². The van der Waals surface area contributed by atoms with Gasteiger partial charge in [0.1, 0.15) is 16.9 Å². The van der Waals surface area contributed by atoms with Crippen molar-refractivity contribution in [3.63, 3.8) is 0 Å². The molecule has 1 aromatic carbocycles. The Kier molecular flexibility index (Phi) is 1.10. The highest BCUT2D eigenvalue weighted by Crippen LogP contribution is 2.27. The van der Waals surface area contributed by atoms with Crippen LogP contribution in [-0.2, 0) is 6.54 Å². The molecule has 1 aliphatic rings. The lowest BCUT2D eigenvalue weighted by Gasteiger charge is -1.96. The van der Waals surface area contributed by atoms with Crippen LogP contribution in [0.5, 0.6) is 0 Å². The Labute approximate surface area is 84.8 Å². The van der Waals surface area contributed by atoms with Gasteiger partial charge < -0.3 is 8.98 Å². The normalized spacial score (nSPS) is 14.1. The van der Waals surface area contributed by atoms with E-state index in [-0.39, 0.29) is 0 Å². The zero-order chi connectivity index (χ0) is 9.83. The van der Waals surface area contributed by atoms with Gasteiger partial charge in [-0.1, -0.05) is 6.08 Å². The van der Waals surface area contributed by atoms with Gasteiger partial charge in [-0.25, -0.2) is 9.97 Å². The van der Waals surface area contributed by atoms with Crippen LogP contribution in [0.1, 0.15) is 5.82 Å². The third-order valence-corrected chi connectivity index (χ3v) is 2.80. The Bertz CT molecular complexity index is 705. The second kappa shape index (κ2) is 2.28. The van der Waals surface area contributed by atoms with E-state index in [1.165, 1.54) is 6.39 Å². The molecule has 72 valence electrons. The lowest BCUT2D eigenvalue weighted by atomic mass is 10.3. The smallest absolute Gasteiger partial charge is 0.182 e. The molecule has 4 nitrogen and oxygen atoms in total. The van der Waals surface area contributed by atoms with Gasteiger partial charge >= 0.3 is 0 Å². The fourth-order valence-electron chi connectivity index (χ4n) is 2.11. The van der Waals surface area contributed by atoms with Gasteiger partial charge in [-0.15, -0.1) is 0 Å². The zero-order valence-corrected chi connectivity index (χ0v) is 7.84. The molecule has 0 atom stereocenters. The molecule has 4 heteroatoms. The molecule has 0 radical (unpaired) electrons. The van der Waals surface area contributed by atoms with E-state index in [0.717, 1.165) is 34.5 Å². The molecule has 15 heavy (non-hydrogen) atoms. The SMILES string of the molecule is C1=Cc2nc3c4ocnc4ccc3n2C1. The van der Waals surface area contributed by atoms with Crippen molar-refractivity contribution in [3.05, 3.63) is 30.4 Å². The molecule has 3 aromatic rings. The predicted molar refractivity (Wildman–Crippen MR) is 56.3 cm³/mol. The van der Waals surface area contributed by atoms with Crippen LogP contribution in [0.4, 0.5) is 0 Å². The van der Waals surface area contributed by atoms with E-state index in [1.54, 1.807) is 0 Å². The van der Waals surface area contributed by atoms with Gasteiger partial charge in [0.25, 0.3) is 0 Å². The number of aromatic nitrogens is 3. The molecule has 0 amide bonds. The van der Waals surface area contributed by atoms with E-state index >= 15 is 0 Å². The van der Waals surface area contributed by atoms with Crippen LogP contribution in [0, 0.1) is 0 Å². The van der Waals surface area contributed by atoms with E-state index < -0.39 is 0 Å². The van der Waals surface area contributed by atoms with Gasteiger partial charge in [0.2, 0.25) is 0 Å². The minimum atomic E-state index is 0.780. The number of hydrogen-bond acceptors (Lipinski definition) is 3. The van der Waals surface area contributed by atoms with Crippen molar-refractivity contribution in [1.82, 2.24) is 14.5 Å². The minimum absolute atomic E-state index is 0.780. The summed E-state index contributed by atoms with van der Waals surface area (Å²) >= 11 is 0. The van der Waals surface area contributed by atoms with Crippen molar-refractivity contribution in [3.8, 4) is 0 Å². The third kappa shape index (κ3) is 0.771. The molecule has 0 aliphatic carbocycles. The van der Waals surface area contributed by atoms with Crippen LogP contribution in [0.3, 0.4) is 0 Å². The molecule has 0 unspecified atom stereocenters. The monoisotopic (exact) mass is 197 g/mol. The molecule has 0 spiro atoms. The summed E-state index contributed by atoms with van der Waals surface area (Å²) in [5.74, 6) is 0.994. The number of rotatable bonds is 0. The minimum Gasteiger partial charge on any atom is -0.441 e. The lowest BCUT2D eigenvalue weighted by molar-refractivity contribution is 0.604. The number of fused-ring (bicyclic) bond motifs is 5. The molecular weight excluding hydrogens is 190 g/mol. The van der Waals surface area contributed by atoms with Crippen molar-refractivity contribution >= 4 is 28.2 Å². The third-order valence-electron chi connectivity index (χ3n) is 2.80. The molecular formula is C11H7N3O. The number of oxazole rings is 1. The first-order valence-electron chi connectivity index (χ1n) is 4.82. The summed E-state index contributed by atoms with van der Waals surface area (Å²) in [6.45, 7) is 0.894. The van der Waals surface area contributed by atoms with E-state index in [1.807, 2.05) is 18.2 Å². The maximum absolute atomic E-state index is 5.36. The zero-order valence-electron chi connectivity index (χ0n) is 7.84.